The maximum absolute atomic E-state index is 9.70. The highest BCUT2D eigenvalue weighted by atomic mass is 16.5. The van der Waals surface area contributed by atoms with Gasteiger partial charge in [0.25, 0.3) is 5.91 Å². The normalized spacial score (nSPS) is 9.35. The van der Waals surface area contributed by atoms with E-state index in [4.69, 9.17) is 5.21 Å². The largest absolute Gasteiger partial charge is 0.373 e. The highest BCUT2D eigenvalue weighted by molar-refractivity contribution is 5.85. The molecule has 0 unspecified atom stereocenters. The number of amides is 1. The van der Waals surface area contributed by atoms with Crippen LogP contribution in [0.15, 0.2) is 37.1 Å². The molecule has 0 fully saturated rings. The fraction of sp³-hybridized carbons (Fsp3) is 0.412. The summed E-state index contributed by atoms with van der Waals surface area (Å²) in [5, 5.41) is 10.9. The van der Waals surface area contributed by atoms with Gasteiger partial charge in [-0.05, 0) is 24.1 Å². The molecule has 0 aliphatic rings. The second-order valence-corrected chi connectivity index (χ2v) is 5.07. The maximum Gasteiger partial charge on any atom is 0.266 e. The number of pyridine rings is 1. The molecule has 2 rings (SSSR count). The molecule has 128 valence electrons. The molecule has 0 radical (unpaired) electrons. The van der Waals surface area contributed by atoms with Gasteiger partial charge < -0.3 is 5.32 Å². The van der Waals surface area contributed by atoms with Crippen LogP contribution >= 0.6 is 0 Å². The Labute approximate surface area is 138 Å². The molecule has 0 saturated carbocycles. The van der Waals surface area contributed by atoms with Gasteiger partial charge in [-0.3, -0.25) is 14.4 Å². The van der Waals surface area contributed by atoms with Crippen molar-refractivity contribution in [2.24, 2.45) is 0 Å². The zero-order chi connectivity index (χ0) is 17.8. The Morgan fingerprint density at radius 3 is 2.43 bits per heavy atom. The number of hydrogen-bond acceptors (Lipinski definition) is 4. The average molecular weight is 320 g/mol. The van der Waals surface area contributed by atoms with Crippen LogP contribution < -0.4 is 10.8 Å². The lowest BCUT2D eigenvalue weighted by Crippen LogP contribution is -2.14. The van der Waals surface area contributed by atoms with E-state index in [2.05, 4.69) is 49.0 Å². The number of anilines is 1. The standard InChI is InChI=1S/C11H15N3.C3H5NO2.C3H8/c1-8(2)10-11(12-3)14-7-5-4-6-9(14)13-10;1-2-3(5)4-6;1-3-2/h4-8,12H,1-3H3;2,6H,1H2,(H,4,5);3H2,1-2H3. The minimum Gasteiger partial charge on any atom is -0.373 e. The molecule has 0 aliphatic carbocycles. The molecule has 2 heterocycles. The fourth-order valence-corrected chi connectivity index (χ4v) is 1.71. The van der Waals surface area contributed by atoms with Crippen LogP contribution in [0.3, 0.4) is 0 Å². The van der Waals surface area contributed by atoms with Crippen molar-refractivity contribution in [2.45, 2.75) is 40.0 Å². The molecule has 23 heavy (non-hydrogen) atoms. The first-order valence-electron chi connectivity index (χ1n) is 7.67. The highest BCUT2D eigenvalue weighted by Crippen LogP contribution is 2.24. The lowest BCUT2D eigenvalue weighted by molar-refractivity contribution is -0.124. The van der Waals surface area contributed by atoms with Crippen LogP contribution in [0.5, 0.6) is 0 Å². The monoisotopic (exact) mass is 320 g/mol. The molecule has 0 saturated heterocycles. The highest BCUT2D eigenvalue weighted by Gasteiger charge is 2.12. The number of carbonyl (C=O) groups is 1. The zero-order valence-electron chi connectivity index (χ0n) is 14.6. The van der Waals surface area contributed by atoms with Crippen LogP contribution in [-0.4, -0.2) is 27.5 Å². The number of fused-ring (bicyclic) bond motifs is 1. The summed E-state index contributed by atoms with van der Waals surface area (Å²) in [4.78, 5) is 14.3. The van der Waals surface area contributed by atoms with E-state index in [0.717, 1.165) is 23.2 Å². The van der Waals surface area contributed by atoms with Crippen molar-refractivity contribution in [1.82, 2.24) is 14.9 Å². The topological polar surface area (TPSA) is 78.7 Å². The second-order valence-electron chi connectivity index (χ2n) is 5.07. The number of nitrogens with one attached hydrogen (secondary N) is 2. The van der Waals surface area contributed by atoms with E-state index in [1.807, 2.05) is 31.4 Å². The van der Waals surface area contributed by atoms with E-state index in [1.165, 1.54) is 11.9 Å². The van der Waals surface area contributed by atoms with Gasteiger partial charge in [-0.25, -0.2) is 10.5 Å². The van der Waals surface area contributed by atoms with Crippen molar-refractivity contribution in [3.05, 3.63) is 42.7 Å². The molecule has 0 atom stereocenters. The molecular formula is C17H28N4O2. The number of imidazole rings is 1. The summed E-state index contributed by atoms with van der Waals surface area (Å²) in [6.07, 6.45) is 4.25. The Bertz CT molecular complexity index is 606. The summed E-state index contributed by atoms with van der Waals surface area (Å²) in [6, 6.07) is 6.04. The summed E-state index contributed by atoms with van der Waals surface area (Å²) >= 11 is 0. The third kappa shape index (κ3) is 6.52. The van der Waals surface area contributed by atoms with Gasteiger partial charge >= 0.3 is 0 Å². The fourth-order valence-electron chi connectivity index (χ4n) is 1.71. The number of nitrogens with zero attached hydrogens (tertiary/aromatic N) is 2. The van der Waals surface area contributed by atoms with E-state index in [1.54, 1.807) is 0 Å². The molecule has 1 amide bonds. The minimum absolute atomic E-state index is 0.442. The van der Waals surface area contributed by atoms with Gasteiger partial charge in [0, 0.05) is 13.2 Å². The molecule has 3 N–H and O–H groups in total. The van der Waals surface area contributed by atoms with Crippen molar-refractivity contribution in [3.63, 3.8) is 0 Å². The van der Waals surface area contributed by atoms with Crippen LogP contribution in [0.1, 0.15) is 45.7 Å². The number of aromatic nitrogens is 2. The van der Waals surface area contributed by atoms with Crippen LogP contribution in [0.2, 0.25) is 0 Å². The van der Waals surface area contributed by atoms with Crippen molar-refractivity contribution in [2.75, 3.05) is 12.4 Å². The van der Waals surface area contributed by atoms with Crippen LogP contribution in [0.25, 0.3) is 5.65 Å². The maximum atomic E-state index is 9.70. The predicted octanol–water partition coefficient (Wildman–Crippen LogP) is 3.59. The second kappa shape index (κ2) is 11.3. The van der Waals surface area contributed by atoms with E-state index in [9.17, 15) is 4.79 Å². The SMILES string of the molecule is C=CC(=O)NO.CCC.CNc1c(C(C)C)nc2ccccn12. The Kier molecular flexibility index (Phi) is 10.1. The van der Waals surface area contributed by atoms with Gasteiger partial charge in [-0.15, -0.1) is 0 Å². The molecule has 6 heteroatoms. The van der Waals surface area contributed by atoms with Gasteiger partial charge in [-0.2, -0.15) is 0 Å². The zero-order valence-corrected chi connectivity index (χ0v) is 14.6. The molecule has 0 spiro atoms. The van der Waals surface area contributed by atoms with Crippen LogP contribution in [0, 0.1) is 0 Å². The summed E-state index contributed by atoms with van der Waals surface area (Å²) in [5.41, 5.74) is 3.48. The molecule has 2 aromatic heterocycles. The van der Waals surface area contributed by atoms with Gasteiger partial charge in [-0.1, -0.05) is 46.8 Å². The Morgan fingerprint density at radius 1 is 1.43 bits per heavy atom. The summed E-state index contributed by atoms with van der Waals surface area (Å²) in [7, 11) is 1.93. The average Bonchev–Trinajstić information content (AvgIpc) is 2.94. The number of hydrogen-bond donors (Lipinski definition) is 3. The molecule has 0 aliphatic heterocycles. The minimum atomic E-state index is -0.588. The molecule has 0 aromatic carbocycles. The Morgan fingerprint density at radius 2 is 2.04 bits per heavy atom. The molecular weight excluding hydrogens is 292 g/mol. The van der Waals surface area contributed by atoms with E-state index >= 15 is 0 Å². The van der Waals surface area contributed by atoms with Gasteiger partial charge in [0.2, 0.25) is 0 Å². The lowest BCUT2D eigenvalue weighted by Gasteiger charge is -2.05. The third-order valence-corrected chi connectivity index (χ3v) is 2.64. The van der Waals surface area contributed by atoms with Crippen LogP contribution in [-0.2, 0) is 4.79 Å². The number of rotatable bonds is 3. The third-order valence-electron chi connectivity index (χ3n) is 2.64. The summed E-state index contributed by atoms with van der Waals surface area (Å²) in [5.74, 6) is 0.947. The Hall–Kier alpha value is -2.34. The van der Waals surface area contributed by atoms with Gasteiger partial charge in [0.05, 0.1) is 5.69 Å². The quantitative estimate of drug-likeness (QED) is 0.459. The Balaban J connectivity index is 0.000000453. The first-order valence-corrected chi connectivity index (χ1v) is 7.67. The number of hydroxylamine groups is 1. The van der Waals surface area contributed by atoms with E-state index < -0.39 is 5.91 Å². The summed E-state index contributed by atoms with van der Waals surface area (Å²) in [6.45, 7) is 11.6. The molecule has 6 nitrogen and oxygen atoms in total. The lowest BCUT2D eigenvalue weighted by atomic mass is 10.1. The van der Waals surface area contributed by atoms with Gasteiger partial charge in [0.1, 0.15) is 11.5 Å². The number of carbonyl (C=O) groups excluding carboxylic acids is 1. The first-order chi connectivity index (χ1) is 11.0. The van der Waals surface area contributed by atoms with E-state index in [-0.39, 0.29) is 0 Å². The van der Waals surface area contributed by atoms with Crippen molar-refractivity contribution in [3.8, 4) is 0 Å². The van der Waals surface area contributed by atoms with Crippen molar-refractivity contribution >= 4 is 17.4 Å². The molecule has 0 bridgehead atoms. The van der Waals surface area contributed by atoms with Crippen molar-refractivity contribution < 1.29 is 10.0 Å². The summed E-state index contributed by atoms with van der Waals surface area (Å²) < 4.78 is 2.08. The smallest absolute Gasteiger partial charge is 0.266 e. The first kappa shape index (κ1) is 20.7. The molecule has 2 aromatic rings. The van der Waals surface area contributed by atoms with Crippen molar-refractivity contribution in [1.29, 1.82) is 0 Å². The predicted molar refractivity (Wildman–Crippen MR) is 94.9 cm³/mol. The van der Waals surface area contributed by atoms with Gasteiger partial charge in [0.15, 0.2) is 0 Å². The van der Waals surface area contributed by atoms with E-state index in [0.29, 0.717) is 5.92 Å². The van der Waals surface area contributed by atoms with Crippen LogP contribution in [0.4, 0.5) is 5.82 Å².